The molecule has 0 spiro atoms. The Morgan fingerprint density at radius 3 is 2.50 bits per heavy atom. The maximum Gasteiger partial charge on any atom is 0.416 e. The Bertz CT molecular complexity index is 1640. The Morgan fingerprint density at radius 2 is 1.84 bits per heavy atom. The first-order valence-electron chi connectivity index (χ1n) is 14.2. The van der Waals surface area contributed by atoms with Crippen molar-refractivity contribution >= 4 is 57.6 Å². The van der Waals surface area contributed by atoms with Crippen LogP contribution in [0.1, 0.15) is 57.2 Å². The third-order valence-corrected chi connectivity index (χ3v) is 8.88. The fourth-order valence-corrected chi connectivity index (χ4v) is 6.61. The zero-order chi connectivity index (χ0) is 32.0. The van der Waals surface area contributed by atoms with Crippen LogP contribution in [0.5, 0.6) is 0 Å². The zero-order valence-electron chi connectivity index (χ0n) is 24.7. The molecule has 1 unspecified atom stereocenters. The lowest BCUT2D eigenvalue weighted by atomic mass is 9.89. The SMILES string of the molecule is CC(C1CCN(C(=O)OC(C)(C)C)CC1)N1C(=O)S/C(=C\c2ccc3c(cnn3Cc3ccc(Cl)cc3C(F)(F)F)c2)C1=O. The summed E-state index contributed by atoms with van der Waals surface area (Å²) in [5.74, 6) is -0.331. The van der Waals surface area contributed by atoms with E-state index in [0.29, 0.717) is 42.4 Å². The van der Waals surface area contributed by atoms with Crippen LogP contribution in [-0.2, 0) is 22.3 Å². The number of piperidine rings is 1. The number of nitrogens with zero attached hydrogens (tertiary/aromatic N) is 4. The van der Waals surface area contributed by atoms with Crippen molar-refractivity contribution in [2.24, 2.45) is 5.92 Å². The van der Waals surface area contributed by atoms with E-state index in [0.717, 1.165) is 17.8 Å². The lowest BCUT2D eigenvalue weighted by molar-refractivity contribution is -0.138. The summed E-state index contributed by atoms with van der Waals surface area (Å²) in [7, 11) is 0. The number of ether oxygens (including phenoxy) is 1. The number of thioether (sulfide) groups is 1. The van der Waals surface area contributed by atoms with E-state index in [1.54, 1.807) is 35.4 Å². The highest BCUT2D eigenvalue weighted by Gasteiger charge is 2.42. The van der Waals surface area contributed by atoms with Gasteiger partial charge in [0.05, 0.1) is 28.7 Å². The molecule has 2 aliphatic heterocycles. The van der Waals surface area contributed by atoms with Gasteiger partial charge in [-0.2, -0.15) is 18.3 Å². The third-order valence-electron chi connectivity index (χ3n) is 7.77. The molecule has 13 heteroatoms. The number of imide groups is 1. The summed E-state index contributed by atoms with van der Waals surface area (Å²) >= 11 is 6.68. The number of hydrogen-bond donors (Lipinski definition) is 0. The van der Waals surface area contributed by atoms with Gasteiger partial charge in [-0.3, -0.25) is 19.2 Å². The van der Waals surface area contributed by atoms with Gasteiger partial charge in [0.25, 0.3) is 11.1 Å². The average molecular weight is 649 g/mol. The predicted octanol–water partition coefficient (Wildman–Crippen LogP) is 7.83. The number of amides is 3. The number of fused-ring (bicyclic) bond motifs is 1. The minimum absolute atomic E-state index is 0.00145. The normalized spacial score (nSPS) is 18.5. The van der Waals surface area contributed by atoms with Crippen LogP contribution in [-0.4, -0.2) is 61.6 Å². The molecule has 0 saturated carbocycles. The monoisotopic (exact) mass is 648 g/mol. The van der Waals surface area contributed by atoms with Crippen LogP contribution in [0.3, 0.4) is 0 Å². The number of carbonyl (C=O) groups excluding carboxylic acids is 3. The van der Waals surface area contributed by atoms with Crippen molar-refractivity contribution in [2.75, 3.05) is 13.1 Å². The van der Waals surface area contributed by atoms with Gasteiger partial charge in [0.15, 0.2) is 0 Å². The van der Waals surface area contributed by atoms with Crippen LogP contribution in [0.15, 0.2) is 47.5 Å². The van der Waals surface area contributed by atoms with Gasteiger partial charge in [-0.1, -0.05) is 23.7 Å². The van der Waals surface area contributed by atoms with E-state index >= 15 is 0 Å². The van der Waals surface area contributed by atoms with Crippen LogP contribution < -0.4 is 0 Å². The molecule has 3 amide bonds. The summed E-state index contributed by atoms with van der Waals surface area (Å²) in [6.45, 7) is 8.17. The highest BCUT2D eigenvalue weighted by molar-refractivity contribution is 8.18. The number of alkyl halides is 3. The highest BCUT2D eigenvalue weighted by atomic mass is 35.5. The second kappa shape index (κ2) is 12.1. The number of aromatic nitrogens is 2. The molecule has 5 rings (SSSR count). The predicted molar refractivity (Wildman–Crippen MR) is 163 cm³/mol. The standard InChI is InChI=1S/C31H32ClF3N4O4S/c1-18(20-9-11-37(12-10-20)28(41)43-30(2,3)4)39-27(40)26(44-29(39)42)14-19-5-8-25-22(13-19)16-36-38(25)17-21-6-7-23(32)15-24(21)31(33,34)35/h5-8,13-16,18,20H,9-12,17H2,1-4H3/b26-14-. The number of benzene rings is 2. The summed E-state index contributed by atoms with van der Waals surface area (Å²) < 4.78 is 47.7. The van der Waals surface area contributed by atoms with Gasteiger partial charge >= 0.3 is 12.3 Å². The van der Waals surface area contributed by atoms with Crippen LogP contribution in [0, 0.1) is 5.92 Å². The van der Waals surface area contributed by atoms with E-state index in [2.05, 4.69) is 5.10 Å². The minimum Gasteiger partial charge on any atom is -0.444 e. The van der Waals surface area contributed by atoms with Crippen LogP contribution in [0.4, 0.5) is 22.8 Å². The second-order valence-corrected chi connectivity index (χ2v) is 13.4. The largest absolute Gasteiger partial charge is 0.444 e. The maximum absolute atomic E-state index is 13.6. The molecule has 1 aromatic heterocycles. The number of likely N-dealkylation sites (tertiary alicyclic amines) is 1. The number of rotatable bonds is 5. The summed E-state index contributed by atoms with van der Waals surface area (Å²) in [6.07, 6.45) is -0.455. The van der Waals surface area contributed by atoms with Crippen LogP contribution >= 0.6 is 23.4 Å². The van der Waals surface area contributed by atoms with Gasteiger partial charge in [0.1, 0.15) is 5.60 Å². The molecular weight excluding hydrogens is 617 g/mol. The van der Waals surface area contributed by atoms with E-state index in [1.807, 2.05) is 27.7 Å². The lowest BCUT2D eigenvalue weighted by Gasteiger charge is -2.37. The van der Waals surface area contributed by atoms with Crippen molar-refractivity contribution in [3.63, 3.8) is 0 Å². The average Bonchev–Trinajstić information content (AvgIpc) is 3.46. The Hall–Kier alpha value is -3.51. The molecule has 44 heavy (non-hydrogen) atoms. The van der Waals surface area contributed by atoms with Crippen molar-refractivity contribution in [3.8, 4) is 0 Å². The van der Waals surface area contributed by atoms with E-state index < -0.39 is 17.3 Å². The first-order chi connectivity index (χ1) is 20.6. The highest BCUT2D eigenvalue weighted by Crippen LogP contribution is 2.38. The molecule has 2 aromatic carbocycles. The molecule has 2 aliphatic rings. The van der Waals surface area contributed by atoms with E-state index in [4.69, 9.17) is 16.3 Å². The Kier molecular flexibility index (Phi) is 8.78. The third kappa shape index (κ3) is 6.91. The van der Waals surface area contributed by atoms with Crippen molar-refractivity contribution < 1.29 is 32.3 Å². The first kappa shape index (κ1) is 31.9. The molecular formula is C31H32ClF3N4O4S. The zero-order valence-corrected chi connectivity index (χ0v) is 26.2. The molecule has 0 bridgehead atoms. The van der Waals surface area contributed by atoms with E-state index in [1.165, 1.54) is 21.7 Å². The van der Waals surface area contributed by atoms with Gasteiger partial charge in [-0.15, -0.1) is 0 Å². The van der Waals surface area contributed by atoms with Crippen molar-refractivity contribution in [3.05, 3.63) is 69.2 Å². The summed E-state index contributed by atoms with van der Waals surface area (Å²) in [4.78, 5) is 42.0. The van der Waals surface area contributed by atoms with Crippen LogP contribution in [0.2, 0.25) is 5.02 Å². The summed E-state index contributed by atoms with van der Waals surface area (Å²) in [5.41, 5.74) is -0.0929. The fourth-order valence-electron chi connectivity index (χ4n) is 5.52. The summed E-state index contributed by atoms with van der Waals surface area (Å²) in [5, 5.41) is 4.61. The first-order valence-corrected chi connectivity index (χ1v) is 15.4. The van der Waals surface area contributed by atoms with Crippen molar-refractivity contribution in [2.45, 2.75) is 64.9 Å². The fraction of sp³-hybridized carbons (Fsp3) is 0.419. The molecule has 234 valence electrons. The quantitative estimate of drug-likeness (QED) is 0.262. The van der Waals surface area contributed by atoms with Gasteiger partial charge < -0.3 is 9.64 Å². The summed E-state index contributed by atoms with van der Waals surface area (Å²) in [6, 6.07) is 8.55. The Morgan fingerprint density at radius 1 is 1.14 bits per heavy atom. The van der Waals surface area contributed by atoms with Gasteiger partial charge in [0.2, 0.25) is 0 Å². The molecule has 8 nitrogen and oxygen atoms in total. The number of hydrogen-bond acceptors (Lipinski definition) is 6. The lowest BCUT2D eigenvalue weighted by Crippen LogP contribution is -2.48. The molecule has 3 heterocycles. The number of carbonyl (C=O) groups is 3. The van der Waals surface area contributed by atoms with Crippen molar-refractivity contribution in [1.29, 1.82) is 0 Å². The van der Waals surface area contributed by atoms with Gasteiger partial charge in [-0.25, -0.2) is 4.79 Å². The molecule has 0 aliphatic carbocycles. The Labute approximate surface area is 262 Å². The smallest absolute Gasteiger partial charge is 0.416 e. The van der Waals surface area contributed by atoms with Crippen molar-refractivity contribution in [1.82, 2.24) is 19.6 Å². The molecule has 0 N–H and O–H groups in total. The molecule has 2 saturated heterocycles. The van der Waals surface area contributed by atoms with Gasteiger partial charge in [0, 0.05) is 29.5 Å². The van der Waals surface area contributed by atoms with E-state index in [9.17, 15) is 27.6 Å². The van der Waals surface area contributed by atoms with Crippen LogP contribution in [0.25, 0.3) is 17.0 Å². The molecule has 2 fully saturated rings. The Balaban J connectivity index is 1.27. The molecule has 3 aromatic rings. The molecule has 1 atom stereocenters. The van der Waals surface area contributed by atoms with Gasteiger partial charge in [-0.05, 0) is 99.7 Å². The minimum atomic E-state index is -4.56. The second-order valence-electron chi connectivity index (χ2n) is 12.0. The van der Waals surface area contributed by atoms with E-state index in [-0.39, 0.29) is 51.2 Å². The molecule has 0 radical (unpaired) electrons. The topological polar surface area (TPSA) is 84.7 Å². The maximum atomic E-state index is 13.6. The number of halogens is 4.